The average molecular weight is 276 g/mol. The van der Waals surface area contributed by atoms with Gasteiger partial charge < -0.3 is 19.7 Å². The third-order valence-corrected chi connectivity index (χ3v) is 3.64. The molecule has 0 bridgehead atoms. The zero-order chi connectivity index (χ0) is 14.5. The number of ether oxygens (including phenoxy) is 2. The van der Waals surface area contributed by atoms with Gasteiger partial charge in [-0.2, -0.15) is 0 Å². The summed E-state index contributed by atoms with van der Waals surface area (Å²) < 4.78 is 11.2. The number of carbonyl (C=O) groups excluding carboxylic acids is 1. The fourth-order valence-electron chi connectivity index (χ4n) is 2.69. The highest BCUT2D eigenvalue weighted by molar-refractivity contribution is 6.08. The van der Waals surface area contributed by atoms with Gasteiger partial charge in [0.15, 0.2) is 11.5 Å². The summed E-state index contributed by atoms with van der Waals surface area (Å²) in [4.78, 5) is 14.4. The van der Waals surface area contributed by atoms with E-state index in [4.69, 9.17) is 9.47 Å². The Morgan fingerprint density at radius 3 is 2.40 bits per heavy atom. The van der Waals surface area contributed by atoms with Crippen molar-refractivity contribution in [2.24, 2.45) is 0 Å². The van der Waals surface area contributed by atoms with Gasteiger partial charge in [-0.15, -0.1) is 0 Å². The van der Waals surface area contributed by atoms with E-state index in [-0.39, 0.29) is 11.9 Å². The molecule has 108 valence electrons. The molecule has 2 aliphatic rings. The summed E-state index contributed by atoms with van der Waals surface area (Å²) >= 11 is 0. The van der Waals surface area contributed by atoms with Gasteiger partial charge in [-0.25, -0.2) is 0 Å². The van der Waals surface area contributed by atoms with E-state index in [9.17, 15) is 4.79 Å². The summed E-state index contributed by atoms with van der Waals surface area (Å²) in [6, 6.07) is 3.90. The van der Waals surface area contributed by atoms with E-state index in [1.165, 1.54) is 0 Å². The first-order valence-electron chi connectivity index (χ1n) is 6.95. The number of benzene rings is 1. The molecule has 0 unspecified atom stereocenters. The minimum Gasteiger partial charge on any atom is -0.486 e. The van der Waals surface area contributed by atoms with Crippen LogP contribution in [-0.4, -0.2) is 30.7 Å². The van der Waals surface area contributed by atoms with Gasteiger partial charge in [-0.05, 0) is 27.7 Å². The second kappa shape index (κ2) is 4.30. The molecule has 0 fully saturated rings. The first-order valence-corrected chi connectivity index (χ1v) is 6.95. The minimum atomic E-state index is -0.624. The number of carbonyl (C=O) groups is 1. The van der Waals surface area contributed by atoms with E-state index in [1.807, 2.05) is 44.7 Å². The maximum Gasteiger partial charge on any atom is 0.252 e. The second-order valence-corrected chi connectivity index (χ2v) is 6.03. The number of fused-ring (bicyclic) bond motifs is 2. The summed E-state index contributed by atoms with van der Waals surface area (Å²) in [7, 11) is 0. The van der Waals surface area contributed by atoms with Crippen LogP contribution in [0.25, 0.3) is 0 Å². The highest BCUT2D eigenvalue weighted by atomic mass is 16.6. The number of hydrogen-bond acceptors (Lipinski definition) is 4. The van der Waals surface area contributed by atoms with Crippen LogP contribution < -0.4 is 19.7 Å². The van der Waals surface area contributed by atoms with E-state index in [0.717, 1.165) is 17.1 Å². The highest BCUT2D eigenvalue weighted by Gasteiger charge is 2.40. The second-order valence-electron chi connectivity index (χ2n) is 6.03. The van der Waals surface area contributed by atoms with Crippen LogP contribution in [0.15, 0.2) is 12.1 Å². The summed E-state index contributed by atoms with van der Waals surface area (Å²) in [5.41, 5.74) is 1.14. The molecule has 0 saturated carbocycles. The van der Waals surface area contributed by atoms with Gasteiger partial charge in [0.2, 0.25) is 0 Å². The minimum absolute atomic E-state index is 0.0664. The predicted molar refractivity (Wildman–Crippen MR) is 77.8 cm³/mol. The molecule has 0 atom stereocenters. The average Bonchev–Trinajstić information content (AvgIpc) is 2.37. The van der Waals surface area contributed by atoms with Crippen molar-refractivity contribution >= 4 is 17.3 Å². The predicted octanol–water partition coefficient (Wildman–Crippen LogP) is 2.40. The standard InChI is InChI=1S/C15H20N2O3/c1-9(2)17-11-8-13-12(19-5-6-20-13)7-10(11)16-15(3,4)14(17)18/h7-9,16H,5-6H2,1-4H3. The van der Waals surface area contributed by atoms with Crippen LogP contribution >= 0.6 is 0 Å². The quantitative estimate of drug-likeness (QED) is 0.855. The third-order valence-electron chi connectivity index (χ3n) is 3.64. The number of anilines is 2. The summed E-state index contributed by atoms with van der Waals surface area (Å²) in [6.07, 6.45) is 0. The van der Waals surface area contributed by atoms with E-state index < -0.39 is 5.54 Å². The monoisotopic (exact) mass is 276 g/mol. The van der Waals surface area contributed by atoms with E-state index in [0.29, 0.717) is 19.0 Å². The van der Waals surface area contributed by atoms with Crippen molar-refractivity contribution in [1.29, 1.82) is 0 Å². The van der Waals surface area contributed by atoms with Gasteiger partial charge in [0.05, 0.1) is 11.4 Å². The molecule has 0 saturated heterocycles. The highest BCUT2D eigenvalue weighted by Crippen LogP contribution is 2.44. The zero-order valence-corrected chi connectivity index (χ0v) is 12.3. The fourth-order valence-corrected chi connectivity index (χ4v) is 2.69. The molecule has 2 aliphatic heterocycles. The van der Waals surface area contributed by atoms with E-state index in [1.54, 1.807) is 0 Å². The lowest BCUT2D eigenvalue weighted by Crippen LogP contribution is -2.56. The Hall–Kier alpha value is -1.91. The zero-order valence-electron chi connectivity index (χ0n) is 12.3. The SMILES string of the molecule is CC(C)N1C(=O)C(C)(C)Nc2cc3c(cc21)OCCO3. The summed E-state index contributed by atoms with van der Waals surface area (Å²) in [5.74, 6) is 1.50. The van der Waals surface area contributed by atoms with Crippen LogP contribution in [0.1, 0.15) is 27.7 Å². The van der Waals surface area contributed by atoms with Gasteiger partial charge in [0, 0.05) is 18.2 Å². The molecule has 1 N–H and O–H groups in total. The van der Waals surface area contributed by atoms with Crippen molar-refractivity contribution in [3.63, 3.8) is 0 Å². The molecule has 0 spiro atoms. The maximum atomic E-state index is 12.6. The normalized spacial score (nSPS) is 19.6. The van der Waals surface area contributed by atoms with Crippen molar-refractivity contribution in [3.8, 4) is 11.5 Å². The molecular weight excluding hydrogens is 256 g/mol. The van der Waals surface area contributed by atoms with Gasteiger partial charge >= 0.3 is 0 Å². The summed E-state index contributed by atoms with van der Waals surface area (Å²) in [5, 5.41) is 3.29. The van der Waals surface area contributed by atoms with Crippen molar-refractivity contribution < 1.29 is 14.3 Å². The van der Waals surface area contributed by atoms with Crippen LogP contribution in [0.2, 0.25) is 0 Å². The number of nitrogens with zero attached hydrogens (tertiary/aromatic N) is 1. The van der Waals surface area contributed by atoms with Crippen LogP contribution in [0.3, 0.4) is 0 Å². The van der Waals surface area contributed by atoms with Crippen molar-refractivity contribution in [2.45, 2.75) is 39.3 Å². The fraction of sp³-hybridized carbons (Fsp3) is 0.533. The number of amides is 1. The van der Waals surface area contributed by atoms with Gasteiger partial charge in [0.1, 0.15) is 18.8 Å². The molecule has 3 rings (SSSR count). The Morgan fingerprint density at radius 2 is 1.80 bits per heavy atom. The smallest absolute Gasteiger partial charge is 0.252 e. The molecule has 0 aliphatic carbocycles. The molecule has 1 amide bonds. The van der Waals surface area contributed by atoms with Crippen molar-refractivity contribution in [3.05, 3.63) is 12.1 Å². The maximum absolute atomic E-state index is 12.6. The first-order chi connectivity index (χ1) is 9.40. The largest absolute Gasteiger partial charge is 0.486 e. The Morgan fingerprint density at radius 1 is 1.20 bits per heavy atom. The molecule has 5 nitrogen and oxygen atoms in total. The Bertz CT molecular complexity index is 566. The topological polar surface area (TPSA) is 50.8 Å². The lowest BCUT2D eigenvalue weighted by Gasteiger charge is -2.42. The van der Waals surface area contributed by atoms with Crippen molar-refractivity contribution in [1.82, 2.24) is 0 Å². The Labute approximate surface area is 118 Å². The molecule has 0 radical (unpaired) electrons. The third kappa shape index (κ3) is 1.88. The molecular formula is C15H20N2O3. The van der Waals surface area contributed by atoms with Crippen molar-refractivity contribution in [2.75, 3.05) is 23.4 Å². The van der Waals surface area contributed by atoms with Gasteiger partial charge in [-0.1, -0.05) is 0 Å². The molecule has 1 aromatic carbocycles. The number of hydrogen-bond donors (Lipinski definition) is 1. The molecule has 20 heavy (non-hydrogen) atoms. The molecule has 1 aromatic rings. The first kappa shape index (κ1) is 13.1. The van der Waals surface area contributed by atoms with Gasteiger partial charge in [0.25, 0.3) is 5.91 Å². The Kier molecular flexibility index (Phi) is 2.81. The number of nitrogens with one attached hydrogen (secondary N) is 1. The lowest BCUT2D eigenvalue weighted by atomic mass is 9.96. The lowest BCUT2D eigenvalue weighted by molar-refractivity contribution is -0.122. The van der Waals surface area contributed by atoms with E-state index >= 15 is 0 Å². The van der Waals surface area contributed by atoms with E-state index in [2.05, 4.69) is 5.32 Å². The van der Waals surface area contributed by atoms with Crippen LogP contribution in [0.4, 0.5) is 11.4 Å². The molecule has 0 aromatic heterocycles. The Balaban J connectivity index is 2.15. The van der Waals surface area contributed by atoms with Crippen LogP contribution in [0.5, 0.6) is 11.5 Å². The molecule has 5 heteroatoms. The van der Waals surface area contributed by atoms with Gasteiger partial charge in [-0.3, -0.25) is 4.79 Å². The number of rotatable bonds is 1. The summed E-state index contributed by atoms with van der Waals surface area (Å²) in [6.45, 7) is 8.91. The van der Waals surface area contributed by atoms with Crippen LogP contribution in [-0.2, 0) is 4.79 Å². The van der Waals surface area contributed by atoms with Crippen LogP contribution in [0, 0.1) is 0 Å². The molecule has 2 heterocycles.